The van der Waals surface area contributed by atoms with Crippen molar-refractivity contribution < 1.29 is 13.9 Å². The Kier molecular flexibility index (Phi) is 5.79. The van der Waals surface area contributed by atoms with E-state index in [1.807, 2.05) is 23.1 Å². The van der Waals surface area contributed by atoms with Crippen LogP contribution in [0.25, 0.3) is 16.3 Å². The highest BCUT2D eigenvalue weighted by molar-refractivity contribution is 5.85. The second kappa shape index (κ2) is 8.50. The SMILES string of the molecule is Cc1cc(F)cc2c(=O)[nH]c(CCC(O)N3CC=C(c4cccc(F)c4)CC3)cc12. The molecule has 6 heteroatoms. The zero-order chi connectivity index (χ0) is 21.3. The highest BCUT2D eigenvalue weighted by Gasteiger charge is 2.20. The number of halogens is 2. The van der Waals surface area contributed by atoms with Gasteiger partial charge in [0, 0.05) is 18.8 Å². The molecule has 0 bridgehead atoms. The molecule has 4 rings (SSSR count). The van der Waals surface area contributed by atoms with E-state index in [2.05, 4.69) is 4.98 Å². The van der Waals surface area contributed by atoms with Gasteiger partial charge in [-0.1, -0.05) is 18.2 Å². The van der Waals surface area contributed by atoms with Gasteiger partial charge in [0.2, 0.25) is 0 Å². The topological polar surface area (TPSA) is 56.3 Å². The molecule has 0 fully saturated rings. The summed E-state index contributed by atoms with van der Waals surface area (Å²) < 4.78 is 27.0. The molecule has 30 heavy (non-hydrogen) atoms. The highest BCUT2D eigenvalue weighted by atomic mass is 19.1. The van der Waals surface area contributed by atoms with E-state index < -0.39 is 12.0 Å². The summed E-state index contributed by atoms with van der Waals surface area (Å²) in [4.78, 5) is 17.1. The maximum atomic E-state index is 13.6. The fourth-order valence-corrected chi connectivity index (χ4v) is 4.07. The Morgan fingerprint density at radius 2 is 1.97 bits per heavy atom. The van der Waals surface area contributed by atoms with Gasteiger partial charge in [-0.05, 0) is 78.6 Å². The third kappa shape index (κ3) is 4.35. The summed E-state index contributed by atoms with van der Waals surface area (Å²) in [6.45, 7) is 3.04. The number of aliphatic hydroxyl groups is 1. The van der Waals surface area contributed by atoms with Crippen molar-refractivity contribution in [3.05, 3.63) is 87.3 Å². The summed E-state index contributed by atoms with van der Waals surface area (Å²) in [6.07, 6.45) is 3.07. The van der Waals surface area contributed by atoms with Crippen molar-refractivity contribution in [3.8, 4) is 0 Å². The van der Waals surface area contributed by atoms with Crippen LogP contribution in [-0.4, -0.2) is 34.3 Å². The number of hydrogen-bond acceptors (Lipinski definition) is 3. The van der Waals surface area contributed by atoms with Gasteiger partial charge in [0.25, 0.3) is 5.56 Å². The number of nitrogens with zero attached hydrogens (tertiary/aromatic N) is 1. The van der Waals surface area contributed by atoms with Crippen LogP contribution < -0.4 is 5.56 Å². The molecule has 1 unspecified atom stereocenters. The molecule has 2 heterocycles. The van der Waals surface area contributed by atoms with Crippen LogP contribution in [0.1, 0.15) is 29.7 Å². The van der Waals surface area contributed by atoms with E-state index in [0.717, 1.165) is 22.9 Å². The van der Waals surface area contributed by atoms with Gasteiger partial charge >= 0.3 is 0 Å². The minimum Gasteiger partial charge on any atom is -0.378 e. The lowest BCUT2D eigenvalue weighted by atomic mass is 9.99. The summed E-state index contributed by atoms with van der Waals surface area (Å²) in [5.74, 6) is -0.678. The van der Waals surface area contributed by atoms with Crippen LogP contribution in [0.15, 0.2) is 53.3 Å². The molecule has 0 aliphatic carbocycles. The van der Waals surface area contributed by atoms with E-state index in [0.29, 0.717) is 42.6 Å². The number of benzene rings is 2. The Morgan fingerprint density at radius 3 is 2.70 bits per heavy atom. The van der Waals surface area contributed by atoms with Crippen LogP contribution >= 0.6 is 0 Å². The first kappa shape index (κ1) is 20.4. The van der Waals surface area contributed by atoms with Gasteiger partial charge in [-0.2, -0.15) is 0 Å². The summed E-state index contributed by atoms with van der Waals surface area (Å²) in [5, 5.41) is 11.7. The van der Waals surface area contributed by atoms with Crippen molar-refractivity contribution in [1.82, 2.24) is 9.88 Å². The predicted octanol–water partition coefficient (Wildman–Crippen LogP) is 4.16. The molecule has 1 aromatic heterocycles. The van der Waals surface area contributed by atoms with Crippen LogP contribution in [-0.2, 0) is 6.42 Å². The third-order valence-corrected chi connectivity index (χ3v) is 5.72. The average Bonchev–Trinajstić information content (AvgIpc) is 2.73. The molecule has 0 radical (unpaired) electrons. The van der Waals surface area contributed by atoms with E-state index in [-0.39, 0.29) is 11.4 Å². The quantitative estimate of drug-likeness (QED) is 0.664. The van der Waals surface area contributed by atoms with E-state index in [9.17, 15) is 18.7 Å². The second-order valence-corrected chi connectivity index (χ2v) is 7.81. The number of pyridine rings is 1. The number of nitrogens with one attached hydrogen (secondary N) is 1. The molecule has 156 valence electrons. The molecule has 0 spiro atoms. The predicted molar refractivity (Wildman–Crippen MR) is 114 cm³/mol. The molecule has 0 saturated carbocycles. The Balaban J connectivity index is 1.42. The second-order valence-electron chi connectivity index (χ2n) is 7.81. The normalized spacial score (nSPS) is 15.9. The molecular weight excluding hydrogens is 386 g/mol. The average molecular weight is 410 g/mol. The fourth-order valence-electron chi connectivity index (χ4n) is 4.07. The molecule has 1 atom stereocenters. The summed E-state index contributed by atoms with van der Waals surface area (Å²) in [6, 6.07) is 11.1. The first-order chi connectivity index (χ1) is 14.4. The number of H-pyrrole nitrogens is 1. The number of aliphatic hydroxyl groups excluding tert-OH is 1. The van der Waals surface area contributed by atoms with E-state index in [4.69, 9.17) is 0 Å². The monoisotopic (exact) mass is 410 g/mol. The summed E-state index contributed by atoms with van der Waals surface area (Å²) in [5.41, 5.74) is 3.07. The Bertz CT molecular complexity index is 1170. The van der Waals surface area contributed by atoms with Crippen LogP contribution in [0.2, 0.25) is 0 Å². The van der Waals surface area contributed by atoms with Gasteiger partial charge in [0.1, 0.15) is 17.9 Å². The number of aromatic amines is 1. The Hall–Kier alpha value is -2.83. The van der Waals surface area contributed by atoms with Crippen LogP contribution in [0.5, 0.6) is 0 Å². The van der Waals surface area contributed by atoms with Crippen molar-refractivity contribution in [2.24, 2.45) is 0 Å². The zero-order valence-electron chi connectivity index (χ0n) is 16.8. The summed E-state index contributed by atoms with van der Waals surface area (Å²) >= 11 is 0. The molecule has 2 aromatic carbocycles. The number of rotatable bonds is 5. The van der Waals surface area contributed by atoms with E-state index in [1.165, 1.54) is 24.3 Å². The van der Waals surface area contributed by atoms with Crippen molar-refractivity contribution in [3.63, 3.8) is 0 Å². The largest absolute Gasteiger partial charge is 0.378 e. The van der Waals surface area contributed by atoms with Crippen molar-refractivity contribution in [1.29, 1.82) is 0 Å². The zero-order valence-corrected chi connectivity index (χ0v) is 16.8. The highest BCUT2D eigenvalue weighted by Crippen LogP contribution is 2.24. The number of aryl methyl sites for hydroxylation is 2. The van der Waals surface area contributed by atoms with Gasteiger partial charge in [-0.3, -0.25) is 9.69 Å². The molecule has 1 aliphatic rings. The molecular formula is C24H24F2N2O2. The van der Waals surface area contributed by atoms with Crippen LogP contribution in [0.3, 0.4) is 0 Å². The third-order valence-electron chi connectivity index (χ3n) is 5.72. The van der Waals surface area contributed by atoms with Crippen molar-refractivity contribution in [2.75, 3.05) is 13.1 Å². The molecule has 2 N–H and O–H groups in total. The van der Waals surface area contributed by atoms with Crippen LogP contribution in [0.4, 0.5) is 8.78 Å². The van der Waals surface area contributed by atoms with Crippen molar-refractivity contribution >= 4 is 16.3 Å². The molecule has 4 nitrogen and oxygen atoms in total. The maximum Gasteiger partial charge on any atom is 0.256 e. The number of fused-ring (bicyclic) bond motifs is 1. The molecule has 0 amide bonds. The van der Waals surface area contributed by atoms with Crippen molar-refractivity contribution in [2.45, 2.75) is 32.4 Å². The lowest BCUT2D eigenvalue weighted by Gasteiger charge is -2.31. The lowest BCUT2D eigenvalue weighted by Crippen LogP contribution is -2.38. The van der Waals surface area contributed by atoms with Gasteiger partial charge in [-0.15, -0.1) is 0 Å². The smallest absolute Gasteiger partial charge is 0.256 e. The fraction of sp³-hybridized carbons (Fsp3) is 0.292. The van der Waals surface area contributed by atoms with Gasteiger partial charge in [0.15, 0.2) is 0 Å². The van der Waals surface area contributed by atoms with E-state index in [1.54, 1.807) is 13.0 Å². The van der Waals surface area contributed by atoms with Gasteiger partial charge < -0.3 is 10.1 Å². The van der Waals surface area contributed by atoms with E-state index >= 15 is 0 Å². The Morgan fingerprint density at radius 1 is 1.13 bits per heavy atom. The lowest BCUT2D eigenvalue weighted by molar-refractivity contribution is 0.00492. The maximum absolute atomic E-state index is 13.6. The minimum atomic E-state index is -0.649. The number of hydrogen-bond donors (Lipinski definition) is 2. The molecule has 3 aromatic rings. The standard InChI is InChI=1S/C24H24F2N2O2/c1-15-11-19(26)13-22-21(15)14-20(27-24(22)30)5-6-23(29)28-9-7-16(8-10-28)17-3-2-4-18(25)12-17/h2-4,7,11-14,23,29H,5-6,8-10H2,1H3,(H,27,30). The first-order valence-corrected chi connectivity index (χ1v) is 10.1. The molecule has 1 aliphatic heterocycles. The van der Waals surface area contributed by atoms with Gasteiger partial charge in [0.05, 0.1) is 5.39 Å². The number of aromatic nitrogens is 1. The summed E-state index contributed by atoms with van der Waals surface area (Å²) in [7, 11) is 0. The Labute approximate surface area is 173 Å². The minimum absolute atomic E-state index is 0.252. The van der Waals surface area contributed by atoms with Gasteiger partial charge in [-0.25, -0.2) is 8.78 Å². The first-order valence-electron chi connectivity index (χ1n) is 10.1. The van der Waals surface area contributed by atoms with Crippen LogP contribution in [0, 0.1) is 18.6 Å². The molecule has 0 saturated heterocycles.